The second kappa shape index (κ2) is 5.26. The van der Waals surface area contributed by atoms with E-state index in [1.807, 2.05) is 12.1 Å². The number of imidazole rings is 1. The van der Waals surface area contributed by atoms with Gasteiger partial charge in [-0.05, 0) is 34.1 Å². The molecule has 2 heterocycles. The number of nitrogens with zero attached hydrogens (tertiary/aromatic N) is 3. The smallest absolute Gasteiger partial charge is 0.226 e. The molecule has 2 aromatic heterocycles. The highest BCUT2D eigenvalue weighted by molar-refractivity contribution is 9.10. The normalized spacial score (nSPS) is 10.8. The lowest BCUT2D eigenvalue weighted by Crippen LogP contribution is -2.02. The van der Waals surface area contributed by atoms with Crippen LogP contribution in [0.4, 0.5) is 17.5 Å². The van der Waals surface area contributed by atoms with Crippen LogP contribution in [-0.4, -0.2) is 27.0 Å². The standard InChI is InChI=1S/C12H10BrClN6/c1-15-12-19-10-9(16-5-17-10)11(20-12)18-8-3-2-6(14)4-7(8)13/h2-5H,1H3,(H3,15,16,17,18,19,20). The quantitative estimate of drug-likeness (QED) is 0.671. The van der Waals surface area contributed by atoms with Crippen LogP contribution in [-0.2, 0) is 0 Å². The summed E-state index contributed by atoms with van der Waals surface area (Å²) in [5, 5.41) is 6.81. The van der Waals surface area contributed by atoms with Gasteiger partial charge in [0.2, 0.25) is 5.95 Å². The first-order valence-electron chi connectivity index (χ1n) is 5.78. The highest BCUT2D eigenvalue weighted by Crippen LogP contribution is 2.30. The Morgan fingerprint density at radius 3 is 2.90 bits per heavy atom. The summed E-state index contributed by atoms with van der Waals surface area (Å²) < 4.78 is 0.849. The fourth-order valence-corrected chi connectivity index (χ4v) is 2.54. The number of hydrogen-bond donors (Lipinski definition) is 3. The molecule has 0 atom stereocenters. The third kappa shape index (κ3) is 2.41. The van der Waals surface area contributed by atoms with Gasteiger partial charge in [0.05, 0.1) is 12.0 Å². The Labute approximate surface area is 128 Å². The predicted molar refractivity (Wildman–Crippen MR) is 83.7 cm³/mol. The van der Waals surface area contributed by atoms with Gasteiger partial charge < -0.3 is 15.6 Å². The zero-order valence-electron chi connectivity index (χ0n) is 10.4. The highest BCUT2D eigenvalue weighted by Gasteiger charge is 2.11. The number of rotatable bonds is 3. The summed E-state index contributed by atoms with van der Waals surface area (Å²) in [7, 11) is 1.76. The van der Waals surface area contributed by atoms with E-state index >= 15 is 0 Å². The van der Waals surface area contributed by atoms with Crippen LogP contribution in [0.2, 0.25) is 5.02 Å². The molecule has 3 N–H and O–H groups in total. The van der Waals surface area contributed by atoms with Crippen LogP contribution in [0.25, 0.3) is 11.2 Å². The molecule has 3 aromatic rings. The second-order valence-corrected chi connectivity index (χ2v) is 5.29. The van der Waals surface area contributed by atoms with Gasteiger partial charge >= 0.3 is 0 Å². The molecule has 3 rings (SSSR count). The first-order valence-corrected chi connectivity index (χ1v) is 6.95. The Morgan fingerprint density at radius 1 is 1.30 bits per heavy atom. The van der Waals surface area contributed by atoms with Crippen LogP contribution in [0.1, 0.15) is 0 Å². The van der Waals surface area contributed by atoms with Crippen molar-refractivity contribution in [1.82, 2.24) is 19.9 Å². The van der Waals surface area contributed by atoms with Gasteiger partial charge in [0, 0.05) is 16.5 Å². The summed E-state index contributed by atoms with van der Waals surface area (Å²) in [6.07, 6.45) is 1.58. The third-order valence-corrected chi connectivity index (χ3v) is 3.58. The molecule has 0 fully saturated rings. The Bertz CT molecular complexity index is 772. The van der Waals surface area contributed by atoms with Gasteiger partial charge in [0.15, 0.2) is 11.5 Å². The van der Waals surface area contributed by atoms with Crippen molar-refractivity contribution in [2.45, 2.75) is 0 Å². The minimum atomic E-state index is 0.497. The summed E-state index contributed by atoms with van der Waals surface area (Å²) in [5.41, 5.74) is 2.19. The SMILES string of the molecule is CNc1nc(Nc2ccc(Cl)cc2Br)c2[nH]cnc2n1. The molecule has 0 saturated heterocycles. The predicted octanol–water partition coefficient (Wildman–Crippen LogP) is 3.55. The summed E-state index contributed by atoms with van der Waals surface area (Å²) >= 11 is 9.40. The van der Waals surface area contributed by atoms with Crippen molar-refractivity contribution in [3.63, 3.8) is 0 Å². The average Bonchev–Trinajstić information content (AvgIpc) is 2.90. The molecule has 0 aliphatic rings. The van der Waals surface area contributed by atoms with Gasteiger partial charge in [-0.15, -0.1) is 0 Å². The minimum absolute atomic E-state index is 0.497. The number of benzene rings is 1. The van der Waals surface area contributed by atoms with Gasteiger partial charge in [0.25, 0.3) is 0 Å². The number of nitrogens with one attached hydrogen (secondary N) is 3. The zero-order valence-corrected chi connectivity index (χ0v) is 12.7. The largest absolute Gasteiger partial charge is 0.357 e. The number of aromatic amines is 1. The number of halogens is 2. The minimum Gasteiger partial charge on any atom is -0.357 e. The van der Waals surface area contributed by atoms with E-state index in [4.69, 9.17) is 11.6 Å². The lowest BCUT2D eigenvalue weighted by molar-refractivity contribution is 1.18. The van der Waals surface area contributed by atoms with Crippen LogP contribution in [0.3, 0.4) is 0 Å². The summed E-state index contributed by atoms with van der Waals surface area (Å²) in [4.78, 5) is 15.8. The molecule has 0 bridgehead atoms. The van der Waals surface area contributed by atoms with Crippen molar-refractivity contribution < 1.29 is 0 Å². The molecule has 0 unspecified atom stereocenters. The van der Waals surface area contributed by atoms with Gasteiger partial charge in [-0.25, -0.2) is 4.98 Å². The van der Waals surface area contributed by atoms with Crippen molar-refractivity contribution in [3.8, 4) is 0 Å². The second-order valence-electron chi connectivity index (χ2n) is 4.00. The van der Waals surface area contributed by atoms with Crippen LogP contribution in [0, 0.1) is 0 Å². The first kappa shape index (κ1) is 13.1. The molecule has 6 nitrogen and oxygen atoms in total. The number of H-pyrrole nitrogens is 1. The van der Waals surface area contributed by atoms with E-state index in [0.29, 0.717) is 22.4 Å². The maximum Gasteiger partial charge on any atom is 0.226 e. The molecule has 1 aromatic carbocycles. The lowest BCUT2D eigenvalue weighted by Gasteiger charge is -2.10. The fourth-order valence-electron chi connectivity index (χ4n) is 1.75. The molecular formula is C12H10BrClN6. The van der Waals surface area contributed by atoms with E-state index in [9.17, 15) is 0 Å². The van der Waals surface area contributed by atoms with Crippen molar-refractivity contribution in [3.05, 3.63) is 34.0 Å². The fraction of sp³-hybridized carbons (Fsp3) is 0.0833. The molecule has 0 aliphatic heterocycles. The third-order valence-electron chi connectivity index (χ3n) is 2.69. The van der Waals surface area contributed by atoms with Crippen LogP contribution >= 0.6 is 27.5 Å². The Morgan fingerprint density at radius 2 is 2.15 bits per heavy atom. The van der Waals surface area contributed by atoms with E-state index in [-0.39, 0.29) is 0 Å². The molecule has 0 amide bonds. The Hall–Kier alpha value is -1.86. The van der Waals surface area contributed by atoms with E-state index in [1.165, 1.54) is 0 Å². The monoisotopic (exact) mass is 352 g/mol. The lowest BCUT2D eigenvalue weighted by atomic mass is 10.3. The van der Waals surface area contributed by atoms with Gasteiger partial charge in [-0.1, -0.05) is 11.6 Å². The van der Waals surface area contributed by atoms with E-state index in [0.717, 1.165) is 15.7 Å². The topological polar surface area (TPSA) is 78.5 Å². The molecule has 0 aliphatic carbocycles. The number of aromatic nitrogens is 4. The molecule has 102 valence electrons. The molecule has 20 heavy (non-hydrogen) atoms. The highest BCUT2D eigenvalue weighted by atomic mass is 79.9. The first-order chi connectivity index (χ1) is 9.67. The average molecular weight is 354 g/mol. The van der Waals surface area contributed by atoms with Crippen molar-refractivity contribution in [1.29, 1.82) is 0 Å². The summed E-state index contributed by atoms with van der Waals surface area (Å²) in [6, 6.07) is 5.49. The number of anilines is 3. The zero-order chi connectivity index (χ0) is 14.1. The van der Waals surface area contributed by atoms with E-state index < -0.39 is 0 Å². The maximum absolute atomic E-state index is 5.94. The maximum atomic E-state index is 5.94. The van der Waals surface area contributed by atoms with Gasteiger partial charge in [0.1, 0.15) is 5.52 Å². The van der Waals surface area contributed by atoms with Crippen molar-refractivity contribution >= 4 is 56.1 Å². The van der Waals surface area contributed by atoms with Gasteiger partial charge in [-0.3, -0.25) is 0 Å². The van der Waals surface area contributed by atoms with Gasteiger partial charge in [-0.2, -0.15) is 9.97 Å². The summed E-state index contributed by atoms with van der Waals surface area (Å²) in [6.45, 7) is 0. The van der Waals surface area contributed by atoms with Crippen molar-refractivity contribution in [2.24, 2.45) is 0 Å². The van der Waals surface area contributed by atoms with Crippen molar-refractivity contribution in [2.75, 3.05) is 17.7 Å². The number of fused-ring (bicyclic) bond motifs is 1. The van der Waals surface area contributed by atoms with E-state index in [1.54, 1.807) is 19.4 Å². The molecule has 0 saturated carbocycles. The summed E-state index contributed by atoms with van der Waals surface area (Å²) in [5.74, 6) is 1.14. The molecular weight excluding hydrogens is 344 g/mol. The molecule has 8 heteroatoms. The van der Waals surface area contributed by atoms with Crippen LogP contribution in [0.5, 0.6) is 0 Å². The molecule has 0 spiro atoms. The number of hydrogen-bond acceptors (Lipinski definition) is 5. The molecule has 0 radical (unpaired) electrons. The van der Waals surface area contributed by atoms with Crippen LogP contribution in [0.15, 0.2) is 29.0 Å². The Kier molecular flexibility index (Phi) is 3.45. The van der Waals surface area contributed by atoms with Crippen LogP contribution < -0.4 is 10.6 Å². The van der Waals surface area contributed by atoms with E-state index in [2.05, 4.69) is 46.5 Å². The Balaban J connectivity index is 2.07.